The number of nitrogens with zero attached hydrogens (tertiary/aromatic N) is 2. The van der Waals surface area contributed by atoms with E-state index in [4.69, 9.17) is 34.8 Å². The number of halogens is 4. The third-order valence-electron chi connectivity index (χ3n) is 5.79. The number of nitro benzene ring substituents is 1. The molecule has 35 heavy (non-hydrogen) atoms. The first-order valence-corrected chi connectivity index (χ1v) is 11.9. The van der Waals surface area contributed by atoms with E-state index in [2.05, 4.69) is 34.3 Å². The van der Waals surface area contributed by atoms with E-state index in [1.54, 1.807) is 12.1 Å². The van der Waals surface area contributed by atoms with Gasteiger partial charge in [-0.25, -0.2) is 0 Å². The number of anilines is 1. The Bertz CT molecular complexity index is 1360. The van der Waals surface area contributed by atoms with Crippen molar-refractivity contribution < 1.29 is 4.92 Å². The number of para-hydroxylation sites is 1. The second kappa shape index (κ2) is 12.0. The lowest BCUT2D eigenvalue weighted by Gasteiger charge is -2.12. The Morgan fingerprint density at radius 2 is 1.74 bits per heavy atom. The van der Waals surface area contributed by atoms with Crippen LogP contribution in [0.4, 0.5) is 11.4 Å². The summed E-state index contributed by atoms with van der Waals surface area (Å²) in [5.74, 6) is 0. The molecule has 10 heteroatoms. The van der Waals surface area contributed by atoms with Crippen LogP contribution in [0.25, 0.3) is 10.9 Å². The quantitative estimate of drug-likeness (QED) is 0.128. The molecule has 0 amide bonds. The minimum absolute atomic E-state index is 0. The summed E-state index contributed by atoms with van der Waals surface area (Å²) in [5, 5.41) is 20.4. The van der Waals surface area contributed by atoms with E-state index in [0.717, 1.165) is 11.1 Å². The van der Waals surface area contributed by atoms with Gasteiger partial charge in [0.15, 0.2) is 0 Å². The van der Waals surface area contributed by atoms with E-state index in [-0.39, 0.29) is 18.1 Å². The van der Waals surface area contributed by atoms with Crippen molar-refractivity contribution in [2.75, 3.05) is 18.4 Å². The van der Waals surface area contributed by atoms with Gasteiger partial charge in [0.25, 0.3) is 5.69 Å². The molecule has 0 aliphatic carbocycles. The molecule has 0 unspecified atom stereocenters. The Morgan fingerprint density at radius 1 is 0.971 bits per heavy atom. The van der Waals surface area contributed by atoms with Crippen LogP contribution >= 0.6 is 47.2 Å². The van der Waals surface area contributed by atoms with E-state index in [1.807, 2.05) is 24.3 Å². The van der Waals surface area contributed by atoms with Gasteiger partial charge in [-0.05, 0) is 42.3 Å². The second-order valence-corrected chi connectivity index (χ2v) is 9.18. The van der Waals surface area contributed by atoms with E-state index < -0.39 is 4.92 Å². The van der Waals surface area contributed by atoms with Gasteiger partial charge >= 0.3 is 0 Å². The molecule has 3 aromatic carbocycles. The minimum Gasteiger partial charge on any atom is -0.383 e. The van der Waals surface area contributed by atoms with E-state index in [9.17, 15) is 10.1 Å². The number of hydrogen-bond donors (Lipinski definition) is 2. The Hall–Kier alpha value is -2.48. The van der Waals surface area contributed by atoms with Crippen LogP contribution in [0.3, 0.4) is 0 Å². The normalized spacial score (nSPS) is 10.9. The minimum atomic E-state index is -0.461. The van der Waals surface area contributed by atoms with Crippen molar-refractivity contribution >= 4 is 69.5 Å². The molecule has 0 spiro atoms. The van der Waals surface area contributed by atoms with E-state index in [1.165, 1.54) is 28.8 Å². The van der Waals surface area contributed by atoms with Crippen LogP contribution in [0.15, 0.2) is 60.7 Å². The maximum Gasteiger partial charge on any atom is 0.271 e. The fourth-order valence-corrected chi connectivity index (χ4v) is 4.72. The molecule has 6 nitrogen and oxygen atoms in total. The molecule has 4 rings (SSSR count). The van der Waals surface area contributed by atoms with Crippen molar-refractivity contribution in [3.05, 3.63) is 103 Å². The SMILES string of the molecule is Cc1c(CNCCNc2ccc([N+](=O)[O-])cc2Cl)c2ccccc2n1Cc1ccc(Cl)cc1Cl.Cl. The van der Waals surface area contributed by atoms with Crippen molar-refractivity contribution in [3.8, 4) is 0 Å². The van der Waals surface area contributed by atoms with E-state index in [0.29, 0.717) is 46.9 Å². The zero-order chi connectivity index (χ0) is 24.2. The summed E-state index contributed by atoms with van der Waals surface area (Å²) in [6, 6.07) is 18.3. The van der Waals surface area contributed by atoms with Gasteiger partial charge in [0.1, 0.15) is 0 Å². The molecular formula is C25H24Cl4N4O2. The van der Waals surface area contributed by atoms with E-state index >= 15 is 0 Å². The summed E-state index contributed by atoms with van der Waals surface area (Å²) in [7, 11) is 0. The van der Waals surface area contributed by atoms with Crippen molar-refractivity contribution in [1.29, 1.82) is 0 Å². The number of aromatic nitrogens is 1. The highest BCUT2D eigenvalue weighted by Crippen LogP contribution is 2.29. The number of rotatable bonds is 9. The second-order valence-electron chi connectivity index (χ2n) is 7.93. The molecule has 0 saturated carbocycles. The Labute approximate surface area is 224 Å². The lowest BCUT2D eigenvalue weighted by atomic mass is 10.1. The number of nitro groups is 1. The summed E-state index contributed by atoms with van der Waals surface area (Å²) in [5.41, 5.74) is 5.21. The van der Waals surface area contributed by atoms with Gasteiger partial charge in [-0.1, -0.05) is 59.1 Å². The topological polar surface area (TPSA) is 72.1 Å². The van der Waals surface area contributed by atoms with Crippen molar-refractivity contribution in [3.63, 3.8) is 0 Å². The van der Waals surface area contributed by atoms with Crippen LogP contribution < -0.4 is 10.6 Å². The van der Waals surface area contributed by atoms with Gasteiger partial charge in [0.2, 0.25) is 0 Å². The summed E-state index contributed by atoms with van der Waals surface area (Å²) >= 11 is 18.6. The maximum absolute atomic E-state index is 10.9. The smallest absolute Gasteiger partial charge is 0.271 e. The maximum atomic E-state index is 10.9. The van der Waals surface area contributed by atoms with Crippen LogP contribution in [-0.4, -0.2) is 22.6 Å². The Kier molecular flexibility index (Phi) is 9.27. The Morgan fingerprint density at radius 3 is 2.46 bits per heavy atom. The predicted octanol–water partition coefficient (Wildman–Crippen LogP) is 7.49. The molecular weight excluding hydrogens is 530 g/mol. The summed E-state index contributed by atoms with van der Waals surface area (Å²) in [6.45, 7) is 4.78. The molecule has 0 saturated heterocycles. The van der Waals surface area contributed by atoms with Crippen LogP contribution in [0, 0.1) is 17.0 Å². The zero-order valence-electron chi connectivity index (χ0n) is 18.9. The lowest BCUT2D eigenvalue weighted by molar-refractivity contribution is -0.384. The predicted molar refractivity (Wildman–Crippen MR) is 148 cm³/mol. The Balaban J connectivity index is 0.00000342. The number of hydrogen-bond acceptors (Lipinski definition) is 4. The van der Waals surface area contributed by atoms with Gasteiger partial charge < -0.3 is 15.2 Å². The summed E-state index contributed by atoms with van der Waals surface area (Å²) < 4.78 is 2.27. The monoisotopic (exact) mass is 552 g/mol. The molecule has 2 N–H and O–H groups in total. The first kappa shape index (κ1) is 27.1. The molecule has 1 heterocycles. The highest BCUT2D eigenvalue weighted by atomic mass is 35.5. The third-order valence-corrected chi connectivity index (χ3v) is 6.69. The van der Waals surface area contributed by atoms with Crippen molar-refractivity contribution in [1.82, 2.24) is 9.88 Å². The van der Waals surface area contributed by atoms with Crippen LogP contribution in [0.5, 0.6) is 0 Å². The average molecular weight is 554 g/mol. The number of benzene rings is 3. The number of fused-ring (bicyclic) bond motifs is 1. The summed E-state index contributed by atoms with van der Waals surface area (Å²) in [6.07, 6.45) is 0. The molecule has 0 radical (unpaired) electrons. The highest BCUT2D eigenvalue weighted by molar-refractivity contribution is 6.35. The van der Waals surface area contributed by atoms with Gasteiger partial charge in [-0.15, -0.1) is 12.4 Å². The summed E-state index contributed by atoms with van der Waals surface area (Å²) in [4.78, 5) is 10.4. The fourth-order valence-electron chi connectivity index (χ4n) is 4.01. The number of non-ortho nitro benzene ring substituents is 1. The van der Waals surface area contributed by atoms with Gasteiger partial charge in [-0.2, -0.15) is 0 Å². The molecule has 4 aromatic rings. The fraction of sp³-hybridized carbons (Fsp3) is 0.200. The molecule has 0 aliphatic rings. The molecule has 184 valence electrons. The molecule has 0 bridgehead atoms. The average Bonchev–Trinajstić information content (AvgIpc) is 3.07. The standard InChI is InChI=1S/C25H23Cl3N4O2.ClH/c1-16-21(14-29-10-11-30-24-9-8-19(32(33)34)13-23(24)28)20-4-2-3-5-25(20)31(16)15-17-6-7-18(26)12-22(17)27;/h2-9,12-13,29-30H,10-11,14-15H2,1H3;1H. The largest absolute Gasteiger partial charge is 0.383 e. The van der Waals surface area contributed by atoms with Crippen molar-refractivity contribution in [2.24, 2.45) is 0 Å². The van der Waals surface area contributed by atoms with Gasteiger partial charge in [0, 0.05) is 65.0 Å². The third kappa shape index (κ3) is 6.21. The van der Waals surface area contributed by atoms with Gasteiger partial charge in [-0.3, -0.25) is 10.1 Å². The van der Waals surface area contributed by atoms with Crippen LogP contribution in [-0.2, 0) is 13.1 Å². The lowest BCUT2D eigenvalue weighted by Crippen LogP contribution is -2.22. The highest BCUT2D eigenvalue weighted by Gasteiger charge is 2.15. The first-order valence-electron chi connectivity index (χ1n) is 10.7. The van der Waals surface area contributed by atoms with Crippen LogP contribution in [0.1, 0.15) is 16.8 Å². The number of nitrogens with one attached hydrogen (secondary N) is 2. The van der Waals surface area contributed by atoms with Crippen molar-refractivity contribution in [2.45, 2.75) is 20.0 Å². The molecule has 1 aromatic heterocycles. The zero-order valence-corrected chi connectivity index (χ0v) is 21.9. The first-order chi connectivity index (χ1) is 16.3. The molecule has 0 aliphatic heterocycles. The molecule has 0 fully saturated rings. The molecule has 0 atom stereocenters. The van der Waals surface area contributed by atoms with Gasteiger partial charge in [0.05, 0.1) is 15.6 Å². The van der Waals surface area contributed by atoms with Crippen LogP contribution in [0.2, 0.25) is 15.1 Å².